The van der Waals surface area contributed by atoms with Crippen LogP contribution in [0.15, 0.2) is 42.6 Å². The van der Waals surface area contributed by atoms with Crippen molar-refractivity contribution in [3.05, 3.63) is 59.4 Å². The number of hydrogen-bond donors (Lipinski definition) is 1. The molecule has 0 spiro atoms. The Hall–Kier alpha value is -1.66. The van der Waals surface area contributed by atoms with Gasteiger partial charge in [-0.25, -0.2) is 0 Å². The van der Waals surface area contributed by atoms with E-state index in [0.29, 0.717) is 12.5 Å². The minimum Gasteiger partial charge on any atom is -0.390 e. The summed E-state index contributed by atoms with van der Waals surface area (Å²) >= 11 is 0. The average molecular weight is 456 g/mol. The summed E-state index contributed by atoms with van der Waals surface area (Å²) in [5.41, 5.74) is 4.17. The molecule has 1 aliphatic heterocycles. The minimum atomic E-state index is -0.344. The number of morpholine rings is 1. The van der Waals surface area contributed by atoms with Crippen molar-refractivity contribution < 1.29 is 9.84 Å². The number of nitrogens with zero attached hydrogens (tertiary/aromatic N) is 3. The van der Waals surface area contributed by atoms with Gasteiger partial charge in [0.1, 0.15) is 0 Å². The van der Waals surface area contributed by atoms with E-state index in [2.05, 4.69) is 91.6 Å². The fraction of sp³-hybridized carbons (Fsp3) is 0.643. The fourth-order valence-corrected chi connectivity index (χ4v) is 4.40. The maximum absolute atomic E-state index is 10.8. The van der Waals surface area contributed by atoms with Gasteiger partial charge in [-0.1, -0.05) is 58.9 Å². The lowest BCUT2D eigenvalue weighted by Crippen LogP contribution is -2.44. The highest BCUT2D eigenvalue weighted by Crippen LogP contribution is 2.22. The number of hydrogen-bond acceptors (Lipinski definition) is 4. The van der Waals surface area contributed by atoms with Crippen molar-refractivity contribution in [2.45, 2.75) is 65.6 Å². The maximum atomic E-state index is 10.8. The molecule has 0 saturated carbocycles. The molecule has 33 heavy (non-hydrogen) atoms. The van der Waals surface area contributed by atoms with Crippen LogP contribution in [0.25, 0.3) is 0 Å². The van der Waals surface area contributed by atoms with Crippen LogP contribution in [0.4, 0.5) is 0 Å². The van der Waals surface area contributed by atoms with Crippen LogP contribution in [0.3, 0.4) is 0 Å². The van der Waals surface area contributed by atoms with Crippen LogP contribution in [-0.2, 0) is 23.2 Å². The van der Waals surface area contributed by atoms with Crippen LogP contribution in [0.5, 0.6) is 0 Å². The van der Waals surface area contributed by atoms with Gasteiger partial charge >= 0.3 is 0 Å². The highest BCUT2D eigenvalue weighted by Gasteiger charge is 2.19. The molecular formula is C28H45N3O2. The summed E-state index contributed by atoms with van der Waals surface area (Å²) in [4.78, 5) is 4.75. The summed E-state index contributed by atoms with van der Waals surface area (Å²) in [6.07, 6.45) is 2.97. The van der Waals surface area contributed by atoms with E-state index in [1.165, 1.54) is 16.8 Å². The first kappa shape index (κ1) is 26.0. The SMILES string of the molecule is CC(C)CCN(Cc1cccn1Cc1ccc(C(C)(C)C)cc1)CC(O)CN1CCOCC1. The Morgan fingerprint density at radius 3 is 2.39 bits per heavy atom. The molecular weight excluding hydrogens is 410 g/mol. The quantitative estimate of drug-likeness (QED) is 0.546. The zero-order chi connectivity index (χ0) is 23.8. The van der Waals surface area contributed by atoms with E-state index in [1.54, 1.807) is 0 Å². The summed E-state index contributed by atoms with van der Waals surface area (Å²) in [6.45, 7) is 18.9. The van der Waals surface area contributed by atoms with Gasteiger partial charge in [0.15, 0.2) is 0 Å². The largest absolute Gasteiger partial charge is 0.390 e. The first-order valence-electron chi connectivity index (χ1n) is 12.6. The standard InChI is InChI=1S/C28H45N3O2/c1-23(2)12-14-30(22-27(32)21-29-15-17-33-18-16-29)20-26-7-6-13-31(26)19-24-8-10-25(11-9-24)28(3,4)5/h6-11,13,23,27,32H,12,14-22H2,1-5H3. The monoisotopic (exact) mass is 455 g/mol. The van der Waals surface area contributed by atoms with E-state index >= 15 is 0 Å². The van der Waals surface area contributed by atoms with E-state index in [-0.39, 0.29) is 11.5 Å². The Kier molecular flexibility index (Phi) is 9.57. The van der Waals surface area contributed by atoms with Gasteiger partial charge in [0, 0.05) is 51.2 Å². The van der Waals surface area contributed by atoms with Gasteiger partial charge in [-0.2, -0.15) is 0 Å². The van der Waals surface area contributed by atoms with Crippen molar-refractivity contribution in [2.24, 2.45) is 5.92 Å². The molecule has 5 nitrogen and oxygen atoms in total. The number of rotatable bonds is 11. The van der Waals surface area contributed by atoms with Crippen LogP contribution in [0.2, 0.25) is 0 Å². The summed E-state index contributed by atoms with van der Waals surface area (Å²) in [5, 5.41) is 10.8. The minimum absolute atomic E-state index is 0.177. The zero-order valence-corrected chi connectivity index (χ0v) is 21.5. The first-order valence-corrected chi connectivity index (χ1v) is 12.6. The highest BCUT2D eigenvalue weighted by atomic mass is 16.5. The molecule has 1 fully saturated rings. The van der Waals surface area contributed by atoms with Gasteiger partial charge < -0.3 is 14.4 Å². The average Bonchev–Trinajstić information content (AvgIpc) is 3.19. The van der Waals surface area contributed by atoms with E-state index in [9.17, 15) is 5.11 Å². The summed E-state index contributed by atoms with van der Waals surface area (Å²) in [5.74, 6) is 0.650. The molecule has 0 aliphatic carbocycles. The second kappa shape index (κ2) is 12.2. The van der Waals surface area contributed by atoms with Crippen LogP contribution >= 0.6 is 0 Å². The van der Waals surface area contributed by atoms with Gasteiger partial charge in [-0.15, -0.1) is 0 Å². The summed E-state index contributed by atoms with van der Waals surface area (Å²) in [7, 11) is 0. The van der Waals surface area contributed by atoms with Crippen molar-refractivity contribution in [3.8, 4) is 0 Å². The lowest BCUT2D eigenvalue weighted by atomic mass is 9.87. The number of benzene rings is 1. The number of aromatic nitrogens is 1. The van der Waals surface area contributed by atoms with Crippen LogP contribution < -0.4 is 0 Å². The topological polar surface area (TPSA) is 40.9 Å². The fourth-order valence-electron chi connectivity index (χ4n) is 4.40. The van der Waals surface area contributed by atoms with Gasteiger partial charge in [-0.05, 0) is 47.6 Å². The molecule has 1 atom stereocenters. The summed E-state index contributed by atoms with van der Waals surface area (Å²) in [6, 6.07) is 13.4. The number of aliphatic hydroxyl groups excluding tert-OH is 1. The normalized spacial score (nSPS) is 16.6. The maximum Gasteiger partial charge on any atom is 0.0793 e. The van der Waals surface area contributed by atoms with Gasteiger partial charge in [0.2, 0.25) is 0 Å². The van der Waals surface area contributed by atoms with Crippen molar-refractivity contribution in [2.75, 3.05) is 45.9 Å². The predicted octanol–water partition coefficient (Wildman–Crippen LogP) is 4.38. The molecule has 0 bridgehead atoms. The lowest BCUT2D eigenvalue weighted by Gasteiger charge is -2.31. The number of aliphatic hydroxyl groups is 1. The third-order valence-electron chi connectivity index (χ3n) is 6.55. The molecule has 1 N–H and O–H groups in total. The van der Waals surface area contributed by atoms with Crippen molar-refractivity contribution in [1.82, 2.24) is 14.4 Å². The molecule has 0 radical (unpaired) electrons. The number of ether oxygens (including phenoxy) is 1. The molecule has 1 aromatic heterocycles. The molecule has 1 unspecified atom stereocenters. The predicted molar refractivity (Wildman–Crippen MR) is 137 cm³/mol. The van der Waals surface area contributed by atoms with Crippen molar-refractivity contribution in [3.63, 3.8) is 0 Å². The smallest absolute Gasteiger partial charge is 0.0793 e. The Morgan fingerprint density at radius 2 is 1.76 bits per heavy atom. The molecule has 3 rings (SSSR count). The molecule has 2 aromatic rings. The molecule has 5 heteroatoms. The van der Waals surface area contributed by atoms with Crippen molar-refractivity contribution in [1.29, 1.82) is 0 Å². The second-order valence-corrected chi connectivity index (χ2v) is 11.1. The summed E-state index contributed by atoms with van der Waals surface area (Å²) < 4.78 is 7.80. The molecule has 1 saturated heterocycles. The Morgan fingerprint density at radius 1 is 1.06 bits per heavy atom. The molecule has 184 valence electrons. The van der Waals surface area contributed by atoms with E-state index in [4.69, 9.17) is 4.74 Å². The molecule has 0 amide bonds. The lowest BCUT2D eigenvalue weighted by molar-refractivity contribution is 0.00578. The molecule has 1 aliphatic rings. The Bertz CT molecular complexity index is 816. The van der Waals surface area contributed by atoms with Gasteiger partial charge in [-0.3, -0.25) is 9.80 Å². The van der Waals surface area contributed by atoms with Gasteiger partial charge in [0.25, 0.3) is 0 Å². The molecule has 1 aromatic carbocycles. The van der Waals surface area contributed by atoms with E-state index in [1.807, 2.05) is 0 Å². The van der Waals surface area contributed by atoms with Crippen LogP contribution in [0.1, 0.15) is 57.9 Å². The van der Waals surface area contributed by atoms with E-state index in [0.717, 1.165) is 58.9 Å². The highest BCUT2D eigenvalue weighted by molar-refractivity contribution is 5.28. The van der Waals surface area contributed by atoms with Gasteiger partial charge in [0.05, 0.1) is 19.3 Å². The van der Waals surface area contributed by atoms with Crippen molar-refractivity contribution >= 4 is 0 Å². The van der Waals surface area contributed by atoms with E-state index < -0.39 is 0 Å². The molecule has 2 heterocycles. The second-order valence-electron chi connectivity index (χ2n) is 11.1. The Balaban J connectivity index is 1.63. The first-order chi connectivity index (χ1) is 15.7. The third-order valence-corrected chi connectivity index (χ3v) is 6.55. The number of β-amino-alcohol motifs (C(OH)–C–C–N with tert-alkyl or cyclic N) is 1. The van der Waals surface area contributed by atoms with Crippen LogP contribution in [-0.4, -0.2) is 71.5 Å². The third kappa shape index (κ3) is 8.56. The Labute approximate surface area is 201 Å². The van der Waals surface area contributed by atoms with Crippen LogP contribution in [0, 0.1) is 5.92 Å². The zero-order valence-electron chi connectivity index (χ0n) is 21.5.